The molecule has 0 spiro atoms. The summed E-state index contributed by atoms with van der Waals surface area (Å²) in [5.74, 6) is 2.63. The molecule has 1 atom stereocenters. The lowest BCUT2D eigenvalue weighted by Crippen LogP contribution is -2.30. The number of rotatable bonds is 7. The molecule has 0 bridgehead atoms. The van der Waals surface area contributed by atoms with Gasteiger partial charge in [-0.3, -0.25) is 4.79 Å². The summed E-state index contributed by atoms with van der Waals surface area (Å²) >= 11 is 1.80. The number of hydrogen-bond donors (Lipinski definition) is 2. The third-order valence-electron chi connectivity index (χ3n) is 4.63. The Hall–Kier alpha value is -1.49. The highest BCUT2D eigenvalue weighted by Gasteiger charge is 2.22. The van der Waals surface area contributed by atoms with E-state index in [4.69, 9.17) is 0 Å². The molecule has 1 heterocycles. The molecule has 0 saturated heterocycles. The summed E-state index contributed by atoms with van der Waals surface area (Å²) in [5, 5.41) is 3.21. The number of aromatic nitrogens is 2. The lowest BCUT2D eigenvalue weighted by atomic mass is 10.0. The van der Waals surface area contributed by atoms with Crippen molar-refractivity contribution < 1.29 is 4.79 Å². The molecule has 2 N–H and O–H groups in total. The number of nitrogens with one attached hydrogen (secondary N) is 2. The van der Waals surface area contributed by atoms with Gasteiger partial charge in [0.2, 0.25) is 5.91 Å². The molecule has 5 heteroatoms. The van der Waals surface area contributed by atoms with Crippen LogP contribution in [0.25, 0.3) is 11.0 Å². The number of H-pyrrole nitrogens is 1. The number of aromatic amines is 1. The van der Waals surface area contributed by atoms with Gasteiger partial charge in [-0.25, -0.2) is 4.98 Å². The van der Waals surface area contributed by atoms with Gasteiger partial charge in [0, 0.05) is 6.42 Å². The third kappa shape index (κ3) is 4.28. The number of amides is 1. The van der Waals surface area contributed by atoms with E-state index in [9.17, 15) is 4.79 Å². The summed E-state index contributed by atoms with van der Waals surface area (Å²) in [4.78, 5) is 20.4. The number of carbonyl (C=O) groups excluding carboxylic acids is 1. The summed E-state index contributed by atoms with van der Waals surface area (Å²) in [6, 6.07) is 7.99. The summed E-state index contributed by atoms with van der Waals surface area (Å²) < 4.78 is 0. The Bertz CT molecular complexity index is 616. The summed E-state index contributed by atoms with van der Waals surface area (Å²) in [7, 11) is 0. The number of hydrogen-bond acceptors (Lipinski definition) is 3. The Morgan fingerprint density at radius 1 is 1.39 bits per heavy atom. The lowest BCUT2D eigenvalue weighted by Gasteiger charge is -2.17. The lowest BCUT2D eigenvalue weighted by molar-refractivity contribution is -0.122. The van der Waals surface area contributed by atoms with Crippen LogP contribution in [0.1, 0.15) is 50.4 Å². The fourth-order valence-corrected chi connectivity index (χ4v) is 3.85. The topological polar surface area (TPSA) is 57.8 Å². The van der Waals surface area contributed by atoms with Crippen LogP contribution in [0.2, 0.25) is 0 Å². The summed E-state index contributed by atoms with van der Waals surface area (Å²) in [6.07, 6.45) is 8.61. The number of benzene rings is 1. The standard InChI is InChI=1S/C18H25N3OS/c1-23-11-10-16(19-17(22)12-13-6-2-3-7-13)18-20-14-8-4-5-9-15(14)21-18/h4-5,8-9,13,16H,2-3,6-7,10-12H2,1H3,(H,19,22)(H,20,21)/t16-/m1/s1. The first kappa shape index (κ1) is 16.4. The SMILES string of the molecule is CSCC[C@@H](NC(=O)CC1CCCC1)c1nc2ccccc2[nH]1. The van der Waals surface area contributed by atoms with Gasteiger partial charge < -0.3 is 10.3 Å². The summed E-state index contributed by atoms with van der Waals surface area (Å²) in [5.41, 5.74) is 1.99. The molecule has 23 heavy (non-hydrogen) atoms. The van der Waals surface area contributed by atoms with E-state index in [1.807, 2.05) is 24.3 Å². The first-order valence-electron chi connectivity index (χ1n) is 8.49. The maximum atomic E-state index is 12.4. The molecule has 0 unspecified atom stereocenters. The van der Waals surface area contributed by atoms with Crippen molar-refractivity contribution in [3.8, 4) is 0 Å². The molecular formula is C18H25N3OS. The van der Waals surface area contributed by atoms with Gasteiger partial charge in [0.25, 0.3) is 0 Å². The Morgan fingerprint density at radius 3 is 2.91 bits per heavy atom. The summed E-state index contributed by atoms with van der Waals surface area (Å²) in [6.45, 7) is 0. The average molecular weight is 331 g/mol. The van der Waals surface area contributed by atoms with Crippen molar-refractivity contribution in [1.82, 2.24) is 15.3 Å². The van der Waals surface area contributed by atoms with Crippen LogP contribution in [0, 0.1) is 5.92 Å². The van der Waals surface area contributed by atoms with Crippen LogP contribution >= 0.6 is 11.8 Å². The van der Waals surface area contributed by atoms with E-state index < -0.39 is 0 Å². The number of imidazole rings is 1. The number of nitrogens with zero attached hydrogens (tertiary/aromatic N) is 1. The highest BCUT2D eigenvalue weighted by atomic mass is 32.2. The van der Waals surface area contributed by atoms with Crippen LogP contribution in [-0.2, 0) is 4.79 Å². The molecule has 0 radical (unpaired) electrons. The second kappa shape index (κ2) is 7.86. The highest BCUT2D eigenvalue weighted by Crippen LogP contribution is 2.28. The van der Waals surface area contributed by atoms with Crippen LogP contribution in [0.5, 0.6) is 0 Å². The van der Waals surface area contributed by atoms with Crippen LogP contribution in [0.15, 0.2) is 24.3 Å². The van der Waals surface area contributed by atoms with E-state index in [1.165, 1.54) is 25.7 Å². The van der Waals surface area contributed by atoms with Crippen molar-refractivity contribution in [2.24, 2.45) is 5.92 Å². The van der Waals surface area contributed by atoms with Crippen LogP contribution in [0.3, 0.4) is 0 Å². The van der Waals surface area contributed by atoms with Crippen LogP contribution in [-0.4, -0.2) is 27.9 Å². The normalized spacial score (nSPS) is 16.7. The molecule has 3 rings (SSSR count). The molecule has 1 aliphatic rings. The molecule has 1 aromatic carbocycles. The number of fused-ring (bicyclic) bond motifs is 1. The smallest absolute Gasteiger partial charge is 0.220 e. The van der Waals surface area contributed by atoms with Gasteiger partial charge in [-0.05, 0) is 49.3 Å². The maximum absolute atomic E-state index is 12.4. The quantitative estimate of drug-likeness (QED) is 0.804. The van der Waals surface area contributed by atoms with Crippen LogP contribution in [0.4, 0.5) is 0 Å². The van der Waals surface area contributed by atoms with E-state index in [0.29, 0.717) is 12.3 Å². The first-order chi connectivity index (χ1) is 11.3. The number of para-hydroxylation sites is 2. The molecule has 1 aromatic heterocycles. The van der Waals surface area contributed by atoms with Gasteiger partial charge in [0.15, 0.2) is 0 Å². The molecular weight excluding hydrogens is 306 g/mol. The molecule has 1 saturated carbocycles. The number of carbonyl (C=O) groups is 1. The van der Waals surface area contributed by atoms with Gasteiger partial charge in [0.05, 0.1) is 17.1 Å². The maximum Gasteiger partial charge on any atom is 0.220 e. The van der Waals surface area contributed by atoms with Crippen molar-refractivity contribution in [3.05, 3.63) is 30.1 Å². The predicted molar refractivity (Wildman–Crippen MR) is 96.6 cm³/mol. The zero-order valence-electron chi connectivity index (χ0n) is 13.7. The van der Waals surface area contributed by atoms with Crippen molar-refractivity contribution in [1.29, 1.82) is 0 Å². The Labute approximate surface area is 141 Å². The Kier molecular flexibility index (Phi) is 5.60. The molecule has 1 amide bonds. The van der Waals surface area contributed by atoms with E-state index >= 15 is 0 Å². The fraction of sp³-hybridized carbons (Fsp3) is 0.556. The van der Waals surface area contributed by atoms with Gasteiger partial charge >= 0.3 is 0 Å². The van der Waals surface area contributed by atoms with Gasteiger partial charge in [0.1, 0.15) is 5.82 Å². The first-order valence-corrected chi connectivity index (χ1v) is 9.88. The Balaban J connectivity index is 1.69. The third-order valence-corrected chi connectivity index (χ3v) is 5.28. The highest BCUT2D eigenvalue weighted by molar-refractivity contribution is 7.98. The van der Waals surface area contributed by atoms with E-state index in [0.717, 1.165) is 29.0 Å². The largest absolute Gasteiger partial charge is 0.346 e. The Morgan fingerprint density at radius 2 is 2.17 bits per heavy atom. The van der Waals surface area contributed by atoms with Crippen LogP contribution < -0.4 is 5.32 Å². The zero-order valence-corrected chi connectivity index (χ0v) is 14.5. The van der Waals surface area contributed by atoms with E-state index in [-0.39, 0.29) is 11.9 Å². The second-order valence-electron chi connectivity index (χ2n) is 6.40. The van der Waals surface area contributed by atoms with Crippen molar-refractivity contribution in [2.75, 3.05) is 12.0 Å². The van der Waals surface area contributed by atoms with Crippen molar-refractivity contribution in [2.45, 2.75) is 44.6 Å². The zero-order chi connectivity index (χ0) is 16.1. The minimum atomic E-state index is -0.0243. The van der Waals surface area contributed by atoms with Gasteiger partial charge in [-0.2, -0.15) is 11.8 Å². The van der Waals surface area contributed by atoms with Gasteiger partial charge in [-0.15, -0.1) is 0 Å². The molecule has 124 valence electrons. The minimum absolute atomic E-state index is 0.0243. The molecule has 4 nitrogen and oxygen atoms in total. The monoisotopic (exact) mass is 331 g/mol. The second-order valence-corrected chi connectivity index (χ2v) is 7.38. The van der Waals surface area contributed by atoms with Crippen molar-refractivity contribution >= 4 is 28.7 Å². The predicted octanol–water partition coefficient (Wildman–Crippen LogP) is 4.05. The molecule has 0 aliphatic heterocycles. The molecule has 1 aliphatic carbocycles. The minimum Gasteiger partial charge on any atom is -0.346 e. The van der Waals surface area contributed by atoms with Crippen molar-refractivity contribution in [3.63, 3.8) is 0 Å². The fourth-order valence-electron chi connectivity index (χ4n) is 3.38. The molecule has 2 aromatic rings. The van der Waals surface area contributed by atoms with Gasteiger partial charge in [-0.1, -0.05) is 25.0 Å². The van der Waals surface area contributed by atoms with E-state index in [2.05, 4.69) is 21.5 Å². The number of thioether (sulfide) groups is 1. The average Bonchev–Trinajstić information content (AvgIpc) is 3.20. The van der Waals surface area contributed by atoms with E-state index in [1.54, 1.807) is 11.8 Å². The molecule has 1 fully saturated rings.